The number of nitrogens with one attached hydrogen (secondary N) is 1. The highest BCUT2D eigenvalue weighted by molar-refractivity contribution is 7.99. The third-order valence-electron chi connectivity index (χ3n) is 3.95. The van der Waals surface area contributed by atoms with Gasteiger partial charge in [-0.3, -0.25) is 0 Å². The van der Waals surface area contributed by atoms with E-state index in [1.165, 1.54) is 25.0 Å². The van der Waals surface area contributed by atoms with Crippen LogP contribution in [0.2, 0.25) is 5.02 Å². The molecule has 2 rings (SSSR count). The lowest BCUT2D eigenvalue weighted by atomic mass is 10.1. The van der Waals surface area contributed by atoms with Crippen LogP contribution in [0.1, 0.15) is 31.7 Å². The van der Waals surface area contributed by atoms with Gasteiger partial charge in [0.05, 0.1) is 19.2 Å². The van der Waals surface area contributed by atoms with Gasteiger partial charge >= 0.3 is 0 Å². The van der Waals surface area contributed by atoms with Crippen molar-refractivity contribution in [3.8, 4) is 11.5 Å². The van der Waals surface area contributed by atoms with Crippen LogP contribution in [-0.2, 0) is 6.54 Å². The molecule has 1 N–H and O–H groups in total. The quantitative estimate of drug-likeness (QED) is 0.815. The molecule has 5 heteroatoms. The second-order valence-corrected chi connectivity index (χ2v) is 7.08. The van der Waals surface area contributed by atoms with E-state index in [0.29, 0.717) is 22.6 Å². The summed E-state index contributed by atoms with van der Waals surface area (Å²) in [6.07, 6.45) is 3.88. The molecule has 0 bridgehead atoms. The molecule has 0 spiro atoms. The molecule has 0 radical (unpaired) electrons. The van der Waals surface area contributed by atoms with Crippen molar-refractivity contribution in [1.29, 1.82) is 0 Å². The van der Waals surface area contributed by atoms with Gasteiger partial charge in [0.25, 0.3) is 0 Å². The van der Waals surface area contributed by atoms with Gasteiger partial charge in [0.15, 0.2) is 11.5 Å². The summed E-state index contributed by atoms with van der Waals surface area (Å²) < 4.78 is 10.6. The smallest absolute Gasteiger partial charge is 0.179 e. The van der Waals surface area contributed by atoms with Gasteiger partial charge in [-0.05, 0) is 30.2 Å². The second-order valence-electron chi connectivity index (χ2n) is 5.19. The Balaban J connectivity index is 2.03. The Morgan fingerprint density at radius 3 is 2.76 bits per heavy atom. The van der Waals surface area contributed by atoms with E-state index in [1.54, 1.807) is 14.2 Å². The average Bonchev–Trinajstić information content (AvgIpc) is 2.93. The van der Waals surface area contributed by atoms with Crippen LogP contribution < -0.4 is 14.8 Å². The van der Waals surface area contributed by atoms with Crippen LogP contribution in [-0.4, -0.2) is 31.3 Å². The fourth-order valence-corrected chi connectivity index (χ4v) is 4.41. The first-order chi connectivity index (χ1) is 10.2. The lowest BCUT2D eigenvalue weighted by Gasteiger charge is -2.21. The molecular weight excluding hydrogens is 306 g/mol. The summed E-state index contributed by atoms with van der Waals surface area (Å²) in [4.78, 5) is 0. The predicted octanol–water partition coefficient (Wildman–Crippen LogP) is 4.12. The van der Waals surface area contributed by atoms with Gasteiger partial charge in [-0.2, -0.15) is 11.8 Å². The molecule has 0 aliphatic heterocycles. The largest absolute Gasteiger partial charge is 0.493 e. The van der Waals surface area contributed by atoms with Crippen molar-refractivity contribution in [3.05, 3.63) is 22.7 Å². The molecule has 21 heavy (non-hydrogen) atoms. The van der Waals surface area contributed by atoms with E-state index >= 15 is 0 Å². The number of benzene rings is 1. The van der Waals surface area contributed by atoms with Crippen molar-refractivity contribution >= 4 is 23.4 Å². The summed E-state index contributed by atoms with van der Waals surface area (Å²) in [7, 11) is 3.24. The van der Waals surface area contributed by atoms with Crippen LogP contribution >= 0.6 is 23.4 Å². The molecule has 3 nitrogen and oxygen atoms in total. The number of methoxy groups -OCH3 is 2. The zero-order valence-corrected chi connectivity index (χ0v) is 14.5. The van der Waals surface area contributed by atoms with E-state index in [2.05, 4.69) is 24.0 Å². The minimum absolute atomic E-state index is 0.583. The SMILES string of the molecule is CCSC1CCCC1NCc1ccc(OC)c(OC)c1Cl. The van der Waals surface area contributed by atoms with E-state index in [9.17, 15) is 0 Å². The first kappa shape index (κ1) is 16.8. The maximum Gasteiger partial charge on any atom is 0.179 e. The lowest BCUT2D eigenvalue weighted by Crippen LogP contribution is -2.33. The maximum absolute atomic E-state index is 6.43. The molecule has 2 unspecified atom stereocenters. The third-order valence-corrected chi connectivity index (χ3v) is 5.69. The maximum atomic E-state index is 6.43. The molecule has 0 saturated heterocycles. The number of rotatable bonds is 7. The lowest BCUT2D eigenvalue weighted by molar-refractivity contribution is 0.354. The Labute approximate surface area is 136 Å². The predicted molar refractivity (Wildman–Crippen MR) is 91.0 cm³/mol. The molecule has 2 atom stereocenters. The number of ether oxygens (including phenoxy) is 2. The monoisotopic (exact) mass is 329 g/mol. The van der Waals surface area contributed by atoms with Crippen LogP contribution in [0.4, 0.5) is 0 Å². The van der Waals surface area contributed by atoms with Gasteiger partial charge in [-0.25, -0.2) is 0 Å². The molecule has 0 amide bonds. The van der Waals surface area contributed by atoms with Crippen molar-refractivity contribution in [2.75, 3.05) is 20.0 Å². The Hall–Kier alpha value is -0.580. The zero-order chi connectivity index (χ0) is 15.2. The average molecular weight is 330 g/mol. The van der Waals surface area contributed by atoms with Gasteiger partial charge in [0.2, 0.25) is 0 Å². The first-order valence-electron chi connectivity index (χ1n) is 7.45. The molecule has 1 saturated carbocycles. The van der Waals surface area contributed by atoms with E-state index in [4.69, 9.17) is 21.1 Å². The molecule has 0 heterocycles. The molecule has 0 aromatic heterocycles. The number of hydrogen-bond donors (Lipinski definition) is 1. The Kier molecular flexibility index (Phi) is 6.52. The second kappa shape index (κ2) is 8.16. The summed E-state index contributed by atoms with van der Waals surface area (Å²) in [6.45, 7) is 3.00. The van der Waals surface area contributed by atoms with Gasteiger partial charge < -0.3 is 14.8 Å². The molecule has 1 aliphatic carbocycles. The summed E-state index contributed by atoms with van der Waals surface area (Å²) in [5.41, 5.74) is 1.06. The van der Waals surface area contributed by atoms with Crippen LogP contribution in [0, 0.1) is 0 Å². The van der Waals surface area contributed by atoms with Crippen molar-refractivity contribution < 1.29 is 9.47 Å². The van der Waals surface area contributed by atoms with Gasteiger partial charge in [-0.1, -0.05) is 31.0 Å². The summed E-state index contributed by atoms with van der Waals surface area (Å²) in [6, 6.07) is 4.50. The number of halogens is 1. The summed E-state index contributed by atoms with van der Waals surface area (Å²) in [5, 5.41) is 5.03. The first-order valence-corrected chi connectivity index (χ1v) is 8.88. The van der Waals surface area contributed by atoms with Crippen molar-refractivity contribution in [1.82, 2.24) is 5.32 Å². The highest BCUT2D eigenvalue weighted by atomic mass is 35.5. The molecule has 1 aromatic carbocycles. The number of hydrogen-bond acceptors (Lipinski definition) is 4. The highest BCUT2D eigenvalue weighted by Gasteiger charge is 2.26. The van der Waals surface area contributed by atoms with E-state index in [-0.39, 0.29) is 0 Å². The highest BCUT2D eigenvalue weighted by Crippen LogP contribution is 2.37. The normalized spacial score (nSPS) is 21.5. The molecule has 1 aromatic rings. The van der Waals surface area contributed by atoms with Crippen molar-refractivity contribution in [3.63, 3.8) is 0 Å². The van der Waals surface area contributed by atoms with Crippen molar-refractivity contribution in [2.24, 2.45) is 0 Å². The van der Waals surface area contributed by atoms with E-state index in [0.717, 1.165) is 17.4 Å². The van der Waals surface area contributed by atoms with Crippen molar-refractivity contribution in [2.45, 2.75) is 44.0 Å². The fraction of sp³-hybridized carbons (Fsp3) is 0.625. The summed E-state index contributed by atoms with van der Waals surface area (Å²) >= 11 is 8.49. The molecule has 1 aliphatic rings. The van der Waals surface area contributed by atoms with Gasteiger partial charge in [-0.15, -0.1) is 0 Å². The Bertz CT molecular complexity index is 470. The summed E-state index contributed by atoms with van der Waals surface area (Å²) in [5.74, 6) is 2.47. The van der Waals surface area contributed by atoms with E-state index < -0.39 is 0 Å². The zero-order valence-electron chi connectivity index (χ0n) is 12.9. The van der Waals surface area contributed by atoms with Crippen LogP contribution in [0.5, 0.6) is 11.5 Å². The van der Waals surface area contributed by atoms with Gasteiger partial charge in [0.1, 0.15) is 0 Å². The third kappa shape index (κ3) is 3.99. The van der Waals surface area contributed by atoms with Gasteiger partial charge in [0, 0.05) is 17.8 Å². The Morgan fingerprint density at radius 1 is 1.29 bits per heavy atom. The standard InChI is InChI=1S/C16H24ClNO2S/c1-4-21-14-7-5-6-12(14)18-10-11-8-9-13(19-2)16(20-3)15(11)17/h8-9,12,14,18H,4-7,10H2,1-3H3. The minimum Gasteiger partial charge on any atom is -0.493 e. The molecule has 118 valence electrons. The molecular formula is C16H24ClNO2S. The molecule has 1 fully saturated rings. The van der Waals surface area contributed by atoms with E-state index in [1.807, 2.05) is 12.1 Å². The topological polar surface area (TPSA) is 30.5 Å². The van der Waals surface area contributed by atoms with Crippen LogP contribution in [0.3, 0.4) is 0 Å². The Morgan fingerprint density at radius 2 is 2.10 bits per heavy atom. The number of thioether (sulfide) groups is 1. The fourth-order valence-electron chi connectivity index (χ4n) is 2.88. The van der Waals surface area contributed by atoms with Crippen LogP contribution in [0.15, 0.2) is 12.1 Å². The minimum atomic E-state index is 0.583. The van der Waals surface area contributed by atoms with Crippen LogP contribution in [0.25, 0.3) is 0 Å².